The van der Waals surface area contributed by atoms with Crippen LogP contribution in [0.3, 0.4) is 0 Å². The van der Waals surface area contributed by atoms with Crippen molar-refractivity contribution >= 4 is 22.6 Å². The molecule has 4 aromatic heterocycles. The number of fused-ring (bicyclic) bond motifs is 1. The molecule has 1 amide bonds. The molecule has 10 heteroatoms. The number of aromatic nitrogens is 7. The van der Waals surface area contributed by atoms with Gasteiger partial charge in [0.05, 0.1) is 35.7 Å². The zero-order chi connectivity index (χ0) is 20.5. The molecule has 1 fully saturated rings. The summed E-state index contributed by atoms with van der Waals surface area (Å²) >= 11 is 0. The van der Waals surface area contributed by atoms with Gasteiger partial charge >= 0.3 is 0 Å². The van der Waals surface area contributed by atoms with Crippen molar-refractivity contribution < 1.29 is 4.79 Å². The van der Waals surface area contributed by atoms with Crippen LogP contribution in [-0.4, -0.2) is 53.7 Å². The molecule has 0 aromatic carbocycles. The fraction of sp³-hybridized carbons (Fsp3) is 0.300. The first-order valence-electron chi connectivity index (χ1n) is 9.84. The number of pyridine rings is 2. The lowest BCUT2D eigenvalue weighted by Gasteiger charge is -2.22. The molecule has 2 N–H and O–H groups in total. The SMILES string of the molecule is Cn1cc(-c2cnc3cnc(NC(=O)c4cnn(C5CCNCC5)c4)cc3c2)nn1. The van der Waals surface area contributed by atoms with E-state index < -0.39 is 0 Å². The predicted octanol–water partition coefficient (Wildman–Crippen LogP) is 1.80. The number of hydrogen-bond donors (Lipinski definition) is 2. The third-order valence-electron chi connectivity index (χ3n) is 5.25. The van der Waals surface area contributed by atoms with E-state index in [2.05, 4.69) is 36.0 Å². The normalized spacial score (nSPS) is 14.8. The van der Waals surface area contributed by atoms with Crippen LogP contribution in [0.1, 0.15) is 29.2 Å². The Morgan fingerprint density at radius 3 is 2.80 bits per heavy atom. The molecule has 1 saturated heterocycles. The molecule has 152 valence electrons. The highest BCUT2D eigenvalue weighted by molar-refractivity contribution is 6.04. The molecule has 1 aliphatic rings. The molecule has 4 aromatic rings. The Hall–Kier alpha value is -3.66. The van der Waals surface area contributed by atoms with Gasteiger partial charge in [0.1, 0.15) is 11.5 Å². The number of rotatable bonds is 4. The second-order valence-electron chi connectivity index (χ2n) is 7.41. The minimum Gasteiger partial charge on any atom is -0.317 e. The molecule has 10 nitrogen and oxygen atoms in total. The summed E-state index contributed by atoms with van der Waals surface area (Å²) in [4.78, 5) is 21.4. The molecule has 0 bridgehead atoms. The van der Waals surface area contributed by atoms with E-state index in [0.717, 1.165) is 48.1 Å². The first-order valence-corrected chi connectivity index (χ1v) is 9.84. The molecule has 0 radical (unpaired) electrons. The van der Waals surface area contributed by atoms with Gasteiger partial charge in [0.25, 0.3) is 5.91 Å². The quantitative estimate of drug-likeness (QED) is 0.534. The van der Waals surface area contributed by atoms with Crippen molar-refractivity contribution in [1.29, 1.82) is 0 Å². The van der Waals surface area contributed by atoms with Crippen LogP contribution in [0.2, 0.25) is 0 Å². The standard InChI is InChI=1S/C20H21N9O/c1-28-12-18(26-27-28)14-6-13-7-19(23-10-17(13)22-8-14)25-20(30)15-9-24-29(11-15)16-2-4-21-5-3-16/h6-12,16,21H,2-5H2,1H3,(H,23,25,30). The van der Waals surface area contributed by atoms with Crippen LogP contribution >= 0.6 is 0 Å². The first-order chi connectivity index (χ1) is 14.7. The van der Waals surface area contributed by atoms with Crippen LogP contribution < -0.4 is 10.6 Å². The van der Waals surface area contributed by atoms with Gasteiger partial charge in [0, 0.05) is 30.4 Å². The van der Waals surface area contributed by atoms with E-state index in [1.807, 2.05) is 24.0 Å². The van der Waals surface area contributed by atoms with Crippen LogP contribution in [0, 0.1) is 0 Å². The van der Waals surface area contributed by atoms with Gasteiger partial charge in [-0.25, -0.2) is 4.98 Å². The molecule has 0 spiro atoms. The summed E-state index contributed by atoms with van der Waals surface area (Å²) < 4.78 is 3.53. The van der Waals surface area contributed by atoms with Gasteiger partial charge in [-0.05, 0) is 38.1 Å². The number of hydrogen-bond acceptors (Lipinski definition) is 7. The van der Waals surface area contributed by atoms with Crippen LogP contribution in [0.25, 0.3) is 22.2 Å². The predicted molar refractivity (Wildman–Crippen MR) is 111 cm³/mol. The maximum absolute atomic E-state index is 12.7. The molecular formula is C20H21N9O. The second-order valence-corrected chi connectivity index (χ2v) is 7.41. The number of nitrogens with one attached hydrogen (secondary N) is 2. The Bertz CT molecular complexity index is 1210. The lowest BCUT2D eigenvalue weighted by Crippen LogP contribution is -2.29. The highest BCUT2D eigenvalue weighted by Gasteiger charge is 2.18. The number of piperidine rings is 1. The average molecular weight is 403 g/mol. The van der Waals surface area contributed by atoms with Crippen LogP contribution in [0.15, 0.2) is 43.1 Å². The Morgan fingerprint density at radius 1 is 1.13 bits per heavy atom. The molecule has 5 heterocycles. The molecule has 0 atom stereocenters. The maximum atomic E-state index is 12.7. The van der Waals surface area contributed by atoms with Crippen LogP contribution in [-0.2, 0) is 7.05 Å². The summed E-state index contributed by atoms with van der Waals surface area (Å²) in [5, 5.41) is 19.5. The zero-order valence-corrected chi connectivity index (χ0v) is 16.5. The van der Waals surface area contributed by atoms with Crippen molar-refractivity contribution in [2.24, 2.45) is 7.05 Å². The van der Waals surface area contributed by atoms with Crippen molar-refractivity contribution in [2.45, 2.75) is 18.9 Å². The molecule has 30 heavy (non-hydrogen) atoms. The van der Waals surface area contributed by atoms with Gasteiger partial charge in [-0.3, -0.25) is 19.1 Å². The second kappa shape index (κ2) is 7.64. The number of carbonyl (C=O) groups excluding carboxylic acids is 1. The zero-order valence-electron chi connectivity index (χ0n) is 16.5. The van der Waals surface area contributed by atoms with E-state index in [1.54, 1.807) is 35.5 Å². The summed E-state index contributed by atoms with van der Waals surface area (Å²) in [6.45, 7) is 1.94. The van der Waals surface area contributed by atoms with Gasteiger partial charge in [0.15, 0.2) is 0 Å². The van der Waals surface area contributed by atoms with Crippen molar-refractivity contribution in [3.63, 3.8) is 0 Å². The van der Waals surface area contributed by atoms with E-state index in [9.17, 15) is 4.79 Å². The Labute approximate surface area is 172 Å². The van der Waals surface area contributed by atoms with Crippen molar-refractivity contribution in [2.75, 3.05) is 18.4 Å². The number of carbonyl (C=O) groups is 1. The number of nitrogens with zero attached hydrogens (tertiary/aromatic N) is 7. The fourth-order valence-electron chi connectivity index (χ4n) is 3.63. The highest BCUT2D eigenvalue weighted by Crippen LogP contribution is 2.22. The number of amides is 1. The average Bonchev–Trinajstić information content (AvgIpc) is 3.43. The van der Waals surface area contributed by atoms with E-state index in [4.69, 9.17) is 0 Å². The fourth-order valence-corrected chi connectivity index (χ4v) is 3.63. The molecule has 0 saturated carbocycles. The Morgan fingerprint density at radius 2 is 2.00 bits per heavy atom. The molecule has 1 aliphatic heterocycles. The summed E-state index contributed by atoms with van der Waals surface area (Å²) in [5.41, 5.74) is 2.84. The minimum absolute atomic E-state index is 0.236. The summed E-state index contributed by atoms with van der Waals surface area (Å²) in [6.07, 6.45) is 10.6. The van der Waals surface area contributed by atoms with Crippen molar-refractivity contribution in [3.8, 4) is 11.3 Å². The Balaban J connectivity index is 1.35. The summed E-state index contributed by atoms with van der Waals surface area (Å²) in [6, 6.07) is 4.09. The Kier molecular flexibility index (Phi) is 4.68. The van der Waals surface area contributed by atoms with Gasteiger partial charge in [-0.2, -0.15) is 5.10 Å². The lowest BCUT2D eigenvalue weighted by molar-refractivity contribution is 0.102. The summed E-state index contributed by atoms with van der Waals surface area (Å²) in [7, 11) is 1.82. The number of anilines is 1. The third kappa shape index (κ3) is 3.64. The largest absolute Gasteiger partial charge is 0.317 e. The first kappa shape index (κ1) is 18.4. The van der Waals surface area contributed by atoms with Crippen molar-refractivity contribution in [3.05, 3.63) is 48.7 Å². The van der Waals surface area contributed by atoms with Gasteiger partial charge in [-0.1, -0.05) is 5.21 Å². The smallest absolute Gasteiger partial charge is 0.260 e. The lowest BCUT2D eigenvalue weighted by atomic mass is 10.1. The van der Waals surface area contributed by atoms with Gasteiger partial charge < -0.3 is 10.6 Å². The maximum Gasteiger partial charge on any atom is 0.260 e. The molecule has 5 rings (SSSR count). The van der Waals surface area contributed by atoms with E-state index in [-0.39, 0.29) is 5.91 Å². The topological polar surface area (TPSA) is 115 Å². The monoisotopic (exact) mass is 403 g/mol. The molecular weight excluding hydrogens is 382 g/mol. The molecule has 0 unspecified atom stereocenters. The third-order valence-corrected chi connectivity index (χ3v) is 5.25. The minimum atomic E-state index is -0.236. The highest BCUT2D eigenvalue weighted by atomic mass is 16.1. The van der Waals surface area contributed by atoms with Gasteiger partial charge in [0.2, 0.25) is 0 Å². The number of aryl methyl sites for hydroxylation is 1. The van der Waals surface area contributed by atoms with E-state index in [1.165, 1.54) is 0 Å². The van der Waals surface area contributed by atoms with Gasteiger partial charge in [-0.15, -0.1) is 5.10 Å². The van der Waals surface area contributed by atoms with Crippen LogP contribution in [0.5, 0.6) is 0 Å². The molecule has 0 aliphatic carbocycles. The van der Waals surface area contributed by atoms with Crippen LogP contribution in [0.4, 0.5) is 5.82 Å². The van der Waals surface area contributed by atoms with E-state index in [0.29, 0.717) is 17.4 Å². The van der Waals surface area contributed by atoms with Crippen molar-refractivity contribution in [1.82, 2.24) is 40.1 Å². The summed E-state index contributed by atoms with van der Waals surface area (Å²) in [5.74, 6) is 0.222. The van der Waals surface area contributed by atoms with E-state index >= 15 is 0 Å².